The van der Waals surface area contributed by atoms with Gasteiger partial charge in [-0.25, -0.2) is 4.68 Å². The van der Waals surface area contributed by atoms with Crippen molar-refractivity contribution in [1.82, 2.24) is 19.9 Å². The van der Waals surface area contributed by atoms with E-state index in [0.29, 0.717) is 11.1 Å². The van der Waals surface area contributed by atoms with E-state index < -0.39 is 17.6 Å². The first-order chi connectivity index (χ1) is 11.8. The second-order valence-electron chi connectivity index (χ2n) is 4.89. The lowest BCUT2D eigenvalue weighted by atomic mass is 10.1. The van der Waals surface area contributed by atoms with Gasteiger partial charge in [0.05, 0.1) is 17.8 Å². The molecule has 0 amide bonds. The maximum atomic E-state index is 12.5. The van der Waals surface area contributed by atoms with Crippen molar-refractivity contribution in [3.8, 4) is 11.4 Å². The molecule has 130 valence electrons. The van der Waals surface area contributed by atoms with Crippen LogP contribution in [0.1, 0.15) is 11.5 Å². The van der Waals surface area contributed by atoms with Gasteiger partial charge in [-0.1, -0.05) is 52.6 Å². The topological polar surface area (TPSA) is 73.8 Å². The summed E-state index contributed by atoms with van der Waals surface area (Å²) < 4.78 is 42.7. The van der Waals surface area contributed by atoms with Crippen LogP contribution in [0.15, 0.2) is 39.8 Å². The van der Waals surface area contributed by atoms with Gasteiger partial charge in [0.2, 0.25) is 5.82 Å². The Bertz CT molecular complexity index is 967. The number of hydrogen-bond donors (Lipinski definition) is 0. The average molecular weight is 391 g/mol. The minimum Gasteiger partial charge on any atom is -0.329 e. The fourth-order valence-corrected chi connectivity index (χ4v) is 2.22. The summed E-state index contributed by atoms with van der Waals surface area (Å²) >= 11 is 11.5. The van der Waals surface area contributed by atoms with Gasteiger partial charge in [0.25, 0.3) is 5.56 Å². The summed E-state index contributed by atoms with van der Waals surface area (Å²) in [6, 6.07) is 6.19. The first-order valence-corrected chi connectivity index (χ1v) is 7.42. The van der Waals surface area contributed by atoms with E-state index in [1.54, 1.807) is 12.1 Å². The van der Waals surface area contributed by atoms with Crippen LogP contribution in [0, 0.1) is 0 Å². The number of hydrogen-bond acceptors (Lipinski definition) is 5. The minimum absolute atomic E-state index is 0.0517. The van der Waals surface area contributed by atoms with Crippen molar-refractivity contribution in [3.05, 3.63) is 62.3 Å². The molecule has 3 aromatic rings. The van der Waals surface area contributed by atoms with Crippen molar-refractivity contribution in [2.24, 2.45) is 0 Å². The quantitative estimate of drug-likeness (QED) is 0.681. The third-order valence-electron chi connectivity index (χ3n) is 3.16. The Balaban J connectivity index is 1.82. The van der Waals surface area contributed by atoms with Crippen molar-refractivity contribution in [2.75, 3.05) is 0 Å². The zero-order valence-corrected chi connectivity index (χ0v) is 13.6. The van der Waals surface area contributed by atoms with Gasteiger partial charge < -0.3 is 4.52 Å². The molecule has 0 fully saturated rings. The monoisotopic (exact) mass is 390 g/mol. The standard InChI is InChI=1S/C14H7Cl2F3N4O2/c15-9-5-20-23(12(24)10(9)16)6-7-1-3-8(4-2-7)11-21-13(25-22-11)14(17,18)19/h1-5H,6H2. The Morgan fingerprint density at radius 1 is 1.16 bits per heavy atom. The van der Waals surface area contributed by atoms with E-state index in [2.05, 4.69) is 19.8 Å². The van der Waals surface area contributed by atoms with Crippen LogP contribution >= 0.6 is 23.2 Å². The Morgan fingerprint density at radius 3 is 2.44 bits per heavy atom. The number of nitrogens with zero attached hydrogens (tertiary/aromatic N) is 4. The van der Waals surface area contributed by atoms with Gasteiger partial charge in [-0.2, -0.15) is 23.3 Å². The number of rotatable bonds is 3. The summed E-state index contributed by atoms with van der Waals surface area (Å²) in [4.78, 5) is 15.2. The molecular weight excluding hydrogens is 384 g/mol. The second kappa shape index (κ2) is 6.49. The van der Waals surface area contributed by atoms with Crippen LogP contribution in [0.2, 0.25) is 10.0 Å². The van der Waals surface area contributed by atoms with Gasteiger partial charge in [0, 0.05) is 5.56 Å². The highest BCUT2D eigenvalue weighted by atomic mass is 35.5. The first kappa shape index (κ1) is 17.4. The summed E-state index contributed by atoms with van der Waals surface area (Å²) in [5, 5.41) is 7.08. The molecule has 0 saturated heterocycles. The van der Waals surface area contributed by atoms with Gasteiger partial charge in [-0.05, 0) is 5.56 Å². The van der Waals surface area contributed by atoms with Crippen LogP contribution in [-0.4, -0.2) is 19.9 Å². The summed E-state index contributed by atoms with van der Waals surface area (Å²) in [5.74, 6) is -1.61. The van der Waals surface area contributed by atoms with E-state index >= 15 is 0 Å². The largest absolute Gasteiger partial charge is 0.471 e. The summed E-state index contributed by atoms with van der Waals surface area (Å²) in [7, 11) is 0. The van der Waals surface area contributed by atoms with Crippen LogP contribution in [0.3, 0.4) is 0 Å². The summed E-state index contributed by atoms with van der Waals surface area (Å²) in [6.07, 6.45) is -3.45. The van der Waals surface area contributed by atoms with Crippen molar-refractivity contribution < 1.29 is 17.7 Å². The Morgan fingerprint density at radius 2 is 1.84 bits per heavy atom. The van der Waals surface area contributed by atoms with Gasteiger partial charge in [-0.3, -0.25) is 4.79 Å². The molecule has 0 aliphatic carbocycles. The van der Waals surface area contributed by atoms with Crippen molar-refractivity contribution in [3.63, 3.8) is 0 Å². The van der Waals surface area contributed by atoms with Gasteiger partial charge >= 0.3 is 12.1 Å². The van der Waals surface area contributed by atoms with Crippen LogP contribution in [0.25, 0.3) is 11.4 Å². The lowest BCUT2D eigenvalue weighted by molar-refractivity contribution is -0.159. The SMILES string of the molecule is O=c1c(Cl)c(Cl)cnn1Cc1ccc(-c2noc(C(F)(F)F)n2)cc1. The molecule has 0 unspecified atom stereocenters. The van der Waals surface area contributed by atoms with Gasteiger partial charge in [-0.15, -0.1) is 0 Å². The zero-order valence-electron chi connectivity index (χ0n) is 12.1. The minimum atomic E-state index is -4.70. The highest BCUT2D eigenvalue weighted by Gasteiger charge is 2.38. The highest BCUT2D eigenvalue weighted by Crippen LogP contribution is 2.29. The van der Waals surface area contributed by atoms with Gasteiger partial charge in [0.1, 0.15) is 5.02 Å². The molecule has 0 radical (unpaired) electrons. The zero-order chi connectivity index (χ0) is 18.2. The Kier molecular flexibility index (Phi) is 4.53. The third-order valence-corrected chi connectivity index (χ3v) is 3.90. The van der Waals surface area contributed by atoms with E-state index in [1.807, 2.05) is 0 Å². The molecule has 0 saturated carbocycles. The van der Waals surface area contributed by atoms with Gasteiger partial charge in [0.15, 0.2) is 0 Å². The molecule has 2 heterocycles. The molecule has 0 bridgehead atoms. The maximum absolute atomic E-state index is 12.5. The molecule has 3 rings (SSSR count). The molecule has 11 heteroatoms. The van der Waals surface area contributed by atoms with E-state index in [4.69, 9.17) is 23.2 Å². The first-order valence-electron chi connectivity index (χ1n) is 6.67. The molecule has 2 aromatic heterocycles. The van der Waals surface area contributed by atoms with E-state index in [1.165, 1.54) is 18.3 Å². The van der Waals surface area contributed by atoms with Crippen molar-refractivity contribution in [1.29, 1.82) is 0 Å². The number of aromatic nitrogens is 4. The molecule has 0 spiro atoms. The van der Waals surface area contributed by atoms with Crippen LogP contribution < -0.4 is 5.56 Å². The number of benzene rings is 1. The summed E-state index contributed by atoms with van der Waals surface area (Å²) in [6.45, 7) is 0.107. The predicted molar refractivity (Wildman–Crippen MR) is 82.4 cm³/mol. The molecular formula is C14H7Cl2F3N4O2. The molecule has 6 nitrogen and oxygen atoms in total. The fourth-order valence-electron chi connectivity index (χ4n) is 1.95. The molecule has 1 aromatic carbocycles. The summed E-state index contributed by atoms with van der Waals surface area (Å²) in [5.41, 5.74) is 0.444. The van der Waals surface area contributed by atoms with Crippen molar-refractivity contribution in [2.45, 2.75) is 12.7 Å². The molecule has 0 aliphatic rings. The average Bonchev–Trinajstić information content (AvgIpc) is 3.06. The van der Waals surface area contributed by atoms with Crippen LogP contribution in [-0.2, 0) is 12.7 Å². The lowest BCUT2D eigenvalue weighted by Crippen LogP contribution is -2.23. The molecule has 0 atom stereocenters. The number of alkyl halides is 3. The Labute approximate surface area is 147 Å². The number of halogens is 5. The van der Waals surface area contributed by atoms with Crippen molar-refractivity contribution >= 4 is 23.2 Å². The molecule has 0 aliphatic heterocycles. The van der Waals surface area contributed by atoms with E-state index in [9.17, 15) is 18.0 Å². The van der Waals surface area contributed by atoms with Crippen LogP contribution in [0.5, 0.6) is 0 Å². The lowest BCUT2D eigenvalue weighted by Gasteiger charge is -2.06. The molecule has 0 N–H and O–H groups in total. The predicted octanol–water partition coefficient (Wildman–Crippen LogP) is 3.67. The highest BCUT2D eigenvalue weighted by molar-refractivity contribution is 6.41. The second-order valence-corrected chi connectivity index (χ2v) is 5.67. The normalized spacial score (nSPS) is 11.7. The van der Waals surface area contributed by atoms with E-state index in [0.717, 1.165) is 4.68 Å². The fraction of sp³-hybridized carbons (Fsp3) is 0.143. The Hall–Kier alpha value is -2.39. The van der Waals surface area contributed by atoms with E-state index in [-0.39, 0.29) is 22.4 Å². The maximum Gasteiger partial charge on any atom is 0.471 e. The third kappa shape index (κ3) is 3.67. The smallest absolute Gasteiger partial charge is 0.329 e. The molecule has 25 heavy (non-hydrogen) atoms. The van der Waals surface area contributed by atoms with Crippen LogP contribution in [0.4, 0.5) is 13.2 Å².